The number of oxazole rings is 1. The summed E-state index contributed by atoms with van der Waals surface area (Å²) in [5.41, 5.74) is 0.877. The van der Waals surface area contributed by atoms with Gasteiger partial charge in [-0.3, -0.25) is 4.98 Å². The lowest BCUT2D eigenvalue weighted by Gasteiger charge is -1.84. The highest BCUT2D eigenvalue weighted by molar-refractivity contribution is 4.90. The van der Waals surface area contributed by atoms with Crippen molar-refractivity contribution in [3.63, 3.8) is 0 Å². The van der Waals surface area contributed by atoms with Crippen LogP contribution in [0.15, 0.2) is 15.5 Å². The molecule has 0 fully saturated rings. The quantitative estimate of drug-likeness (QED) is 0.642. The van der Waals surface area contributed by atoms with Gasteiger partial charge in [0.15, 0.2) is 0 Å². The zero-order valence-corrected chi connectivity index (χ0v) is 5.31. The average molecular weight is 127 g/mol. The van der Waals surface area contributed by atoms with Crippen molar-refractivity contribution in [1.29, 1.82) is 0 Å². The predicted molar refractivity (Wildman–Crippen MR) is 33.3 cm³/mol. The Hall–Kier alpha value is -0.990. The predicted octanol–water partition coefficient (Wildman–Crippen LogP) is 0.920. The van der Waals surface area contributed by atoms with Gasteiger partial charge in [0.05, 0.1) is 5.69 Å². The molecule has 0 aromatic carbocycles. The summed E-state index contributed by atoms with van der Waals surface area (Å²) in [5, 5.41) is 0. The fraction of sp³-hybridized carbons (Fsp3) is 0.500. The summed E-state index contributed by atoms with van der Waals surface area (Å²) >= 11 is 0. The summed E-state index contributed by atoms with van der Waals surface area (Å²) in [4.78, 5) is 12.9. The Balaban J connectivity index is 2.73. The normalized spacial score (nSPS) is 9.89. The van der Waals surface area contributed by atoms with Crippen LogP contribution in [0.1, 0.15) is 19.0 Å². The monoisotopic (exact) mass is 127 g/mol. The van der Waals surface area contributed by atoms with Crippen LogP contribution in [0.5, 0.6) is 0 Å². The number of aryl methyl sites for hydroxylation is 1. The number of nitrogens with one attached hydrogen (secondary N) is 1. The summed E-state index contributed by atoms with van der Waals surface area (Å²) in [5.74, 6) is -0.363. The molecule has 1 heterocycles. The fourth-order valence-corrected chi connectivity index (χ4v) is 0.705. The van der Waals surface area contributed by atoms with Gasteiger partial charge in [-0.2, -0.15) is 0 Å². The van der Waals surface area contributed by atoms with Crippen molar-refractivity contribution in [2.24, 2.45) is 0 Å². The second-order valence-corrected chi connectivity index (χ2v) is 1.92. The highest BCUT2D eigenvalue weighted by atomic mass is 16.4. The summed E-state index contributed by atoms with van der Waals surface area (Å²) in [6.45, 7) is 2.05. The molecule has 0 amide bonds. The molecule has 1 aromatic heterocycles. The third-order valence-electron chi connectivity index (χ3n) is 1.09. The highest BCUT2D eigenvalue weighted by Gasteiger charge is 1.93. The minimum atomic E-state index is -0.363. The standard InChI is InChI=1S/C6H9NO2/c1-2-3-5-4-9-6(8)7-5/h4H,2-3H2,1H3,(H,7,8). The number of hydrogen-bond acceptors (Lipinski definition) is 2. The molecule has 50 valence electrons. The molecule has 9 heavy (non-hydrogen) atoms. The number of H-pyrrole nitrogens is 1. The van der Waals surface area contributed by atoms with E-state index in [1.54, 1.807) is 0 Å². The summed E-state index contributed by atoms with van der Waals surface area (Å²) in [6.07, 6.45) is 3.37. The van der Waals surface area contributed by atoms with Crippen molar-refractivity contribution in [2.75, 3.05) is 0 Å². The molecule has 0 radical (unpaired) electrons. The minimum Gasteiger partial charge on any atom is -0.416 e. The van der Waals surface area contributed by atoms with Crippen LogP contribution in [0.3, 0.4) is 0 Å². The minimum absolute atomic E-state index is 0.363. The Morgan fingerprint density at radius 1 is 1.78 bits per heavy atom. The molecule has 0 aliphatic rings. The Labute approximate surface area is 52.7 Å². The Morgan fingerprint density at radius 3 is 3.00 bits per heavy atom. The van der Waals surface area contributed by atoms with Crippen LogP contribution in [0.4, 0.5) is 0 Å². The van der Waals surface area contributed by atoms with Gasteiger partial charge in [0, 0.05) is 0 Å². The first-order chi connectivity index (χ1) is 4.33. The van der Waals surface area contributed by atoms with Gasteiger partial charge in [0.2, 0.25) is 0 Å². The summed E-state index contributed by atoms with van der Waals surface area (Å²) in [6, 6.07) is 0. The van der Waals surface area contributed by atoms with Crippen LogP contribution in [0.2, 0.25) is 0 Å². The van der Waals surface area contributed by atoms with E-state index in [1.165, 1.54) is 6.26 Å². The molecule has 0 atom stereocenters. The Kier molecular flexibility index (Phi) is 1.72. The maximum absolute atomic E-state index is 10.3. The van der Waals surface area contributed by atoms with Crippen molar-refractivity contribution in [1.82, 2.24) is 4.98 Å². The molecular weight excluding hydrogens is 118 g/mol. The largest absolute Gasteiger partial charge is 0.416 e. The van der Waals surface area contributed by atoms with Crippen molar-refractivity contribution >= 4 is 0 Å². The topological polar surface area (TPSA) is 46.0 Å². The Bertz CT molecular complexity index is 223. The van der Waals surface area contributed by atoms with Gasteiger partial charge in [-0.1, -0.05) is 13.3 Å². The van der Waals surface area contributed by atoms with Gasteiger partial charge in [0.1, 0.15) is 6.26 Å². The van der Waals surface area contributed by atoms with Crippen LogP contribution >= 0.6 is 0 Å². The Morgan fingerprint density at radius 2 is 2.56 bits per heavy atom. The molecule has 0 saturated carbocycles. The first kappa shape index (κ1) is 6.13. The van der Waals surface area contributed by atoms with Crippen molar-refractivity contribution in [3.8, 4) is 0 Å². The van der Waals surface area contributed by atoms with Crippen molar-refractivity contribution in [2.45, 2.75) is 19.8 Å². The van der Waals surface area contributed by atoms with Gasteiger partial charge in [0.25, 0.3) is 0 Å². The molecule has 3 nitrogen and oxygen atoms in total. The van der Waals surface area contributed by atoms with Crippen LogP contribution in [0.25, 0.3) is 0 Å². The van der Waals surface area contributed by atoms with E-state index in [2.05, 4.69) is 9.40 Å². The van der Waals surface area contributed by atoms with Gasteiger partial charge in [-0.15, -0.1) is 0 Å². The molecule has 0 aliphatic carbocycles. The SMILES string of the molecule is CCCc1coc(=O)[nH]1. The zero-order chi connectivity index (χ0) is 6.69. The van der Waals surface area contributed by atoms with E-state index in [0.29, 0.717) is 0 Å². The van der Waals surface area contributed by atoms with Crippen LogP contribution in [-0.4, -0.2) is 4.98 Å². The molecule has 0 bridgehead atoms. The van der Waals surface area contributed by atoms with Crippen LogP contribution in [-0.2, 0) is 6.42 Å². The van der Waals surface area contributed by atoms with Crippen LogP contribution in [0, 0.1) is 0 Å². The second kappa shape index (κ2) is 2.53. The molecule has 1 rings (SSSR count). The number of rotatable bonds is 2. The second-order valence-electron chi connectivity index (χ2n) is 1.92. The summed E-state index contributed by atoms with van der Waals surface area (Å²) < 4.78 is 4.51. The van der Waals surface area contributed by atoms with Crippen molar-refractivity contribution < 1.29 is 4.42 Å². The molecule has 0 aliphatic heterocycles. The number of aromatic nitrogens is 1. The number of hydrogen-bond donors (Lipinski definition) is 1. The van der Waals surface area contributed by atoms with E-state index in [-0.39, 0.29) is 5.76 Å². The summed E-state index contributed by atoms with van der Waals surface area (Å²) in [7, 11) is 0. The first-order valence-corrected chi connectivity index (χ1v) is 2.99. The van der Waals surface area contributed by atoms with E-state index >= 15 is 0 Å². The van der Waals surface area contributed by atoms with Gasteiger partial charge >= 0.3 is 5.76 Å². The van der Waals surface area contributed by atoms with E-state index < -0.39 is 0 Å². The lowest BCUT2D eigenvalue weighted by Crippen LogP contribution is -1.96. The molecular formula is C6H9NO2. The highest BCUT2D eigenvalue weighted by Crippen LogP contribution is 1.93. The lowest BCUT2D eigenvalue weighted by atomic mass is 10.3. The molecule has 3 heteroatoms. The lowest BCUT2D eigenvalue weighted by molar-refractivity contribution is 0.514. The van der Waals surface area contributed by atoms with Crippen molar-refractivity contribution in [3.05, 3.63) is 22.5 Å². The van der Waals surface area contributed by atoms with Crippen LogP contribution < -0.4 is 5.76 Å². The molecule has 0 unspecified atom stereocenters. The fourth-order valence-electron chi connectivity index (χ4n) is 0.705. The third-order valence-corrected chi connectivity index (χ3v) is 1.09. The van der Waals surface area contributed by atoms with E-state index in [1.807, 2.05) is 6.92 Å². The maximum Gasteiger partial charge on any atom is 0.416 e. The molecule has 1 N–H and O–H groups in total. The average Bonchev–Trinajstić information content (AvgIpc) is 2.17. The zero-order valence-electron chi connectivity index (χ0n) is 5.31. The first-order valence-electron chi connectivity index (χ1n) is 2.99. The maximum atomic E-state index is 10.3. The van der Waals surface area contributed by atoms with E-state index in [9.17, 15) is 4.79 Å². The van der Waals surface area contributed by atoms with E-state index in [0.717, 1.165) is 18.5 Å². The molecule has 0 saturated heterocycles. The number of aromatic amines is 1. The van der Waals surface area contributed by atoms with Gasteiger partial charge < -0.3 is 4.42 Å². The molecule has 1 aromatic rings. The molecule has 0 spiro atoms. The smallest absolute Gasteiger partial charge is 0.416 e. The van der Waals surface area contributed by atoms with Gasteiger partial charge in [-0.25, -0.2) is 4.79 Å². The van der Waals surface area contributed by atoms with E-state index in [4.69, 9.17) is 0 Å². The van der Waals surface area contributed by atoms with Gasteiger partial charge in [-0.05, 0) is 6.42 Å². The third kappa shape index (κ3) is 1.45.